The van der Waals surface area contributed by atoms with E-state index in [0.29, 0.717) is 13.0 Å². The van der Waals surface area contributed by atoms with Gasteiger partial charge in [0.15, 0.2) is 0 Å². The van der Waals surface area contributed by atoms with E-state index >= 15 is 0 Å². The Morgan fingerprint density at radius 3 is 2.67 bits per heavy atom. The Hall–Kier alpha value is -1.88. The molecule has 0 saturated carbocycles. The van der Waals surface area contributed by atoms with Gasteiger partial charge < -0.3 is 15.2 Å². The highest BCUT2D eigenvalue weighted by Gasteiger charge is 2.17. The number of carbonyl (C=O) groups is 2. The van der Waals surface area contributed by atoms with E-state index < -0.39 is 5.97 Å². The fourth-order valence-electron chi connectivity index (χ4n) is 2.51. The van der Waals surface area contributed by atoms with Crippen LogP contribution in [0.4, 0.5) is 0 Å². The molecule has 1 aromatic carbocycles. The van der Waals surface area contributed by atoms with Crippen molar-refractivity contribution in [2.24, 2.45) is 0 Å². The summed E-state index contributed by atoms with van der Waals surface area (Å²) in [5, 5.41) is 11.7. The van der Waals surface area contributed by atoms with E-state index in [9.17, 15) is 9.59 Å². The number of aliphatic carboxylic acids is 1. The summed E-state index contributed by atoms with van der Waals surface area (Å²) >= 11 is 0. The second-order valence-electron chi connectivity index (χ2n) is 5.31. The lowest BCUT2D eigenvalue weighted by molar-refractivity contribution is -0.136. The molecule has 1 atom stereocenters. The fourth-order valence-corrected chi connectivity index (χ4v) is 2.51. The van der Waals surface area contributed by atoms with E-state index in [0.717, 1.165) is 37.0 Å². The molecule has 0 spiro atoms. The molecule has 0 radical (unpaired) electrons. The average Bonchev–Trinajstić information content (AvgIpc) is 2.47. The third kappa shape index (κ3) is 5.19. The van der Waals surface area contributed by atoms with Crippen molar-refractivity contribution < 1.29 is 19.4 Å². The van der Waals surface area contributed by atoms with Gasteiger partial charge >= 0.3 is 5.97 Å². The van der Waals surface area contributed by atoms with Crippen molar-refractivity contribution >= 4 is 11.9 Å². The maximum atomic E-state index is 11.9. The highest BCUT2D eigenvalue weighted by atomic mass is 16.5. The van der Waals surface area contributed by atoms with Gasteiger partial charge in [-0.25, -0.2) is 0 Å². The molecule has 1 amide bonds. The minimum Gasteiger partial charge on any atom is -0.481 e. The number of hydrogen-bond donors (Lipinski definition) is 2. The second-order valence-corrected chi connectivity index (χ2v) is 5.31. The summed E-state index contributed by atoms with van der Waals surface area (Å²) in [5.41, 5.74) is 1.58. The summed E-state index contributed by atoms with van der Waals surface area (Å²) in [4.78, 5) is 22.7. The van der Waals surface area contributed by atoms with E-state index in [1.807, 2.05) is 12.1 Å². The highest BCUT2D eigenvalue weighted by Crippen LogP contribution is 2.15. The first-order chi connectivity index (χ1) is 10.1. The van der Waals surface area contributed by atoms with Crippen LogP contribution in [-0.4, -0.2) is 29.7 Å². The largest absolute Gasteiger partial charge is 0.481 e. The molecule has 2 rings (SSSR count). The number of rotatable bonds is 6. The van der Waals surface area contributed by atoms with Gasteiger partial charge in [-0.2, -0.15) is 0 Å². The lowest BCUT2D eigenvalue weighted by Crippen LogP contribution is -2.30. The third-order valence-corrected chi connectivity index (χ3v) is 3.62. The molecule has 1 heterocycles. The quantitative estimate of drug-likeness (QED) is 0.839. The van der Waals surface area contributed by atoms with Gasteiger partial charge in [0, 0.05) is 13.2 Å². The van der Waals surface area contributed by atoms with Crippen molar-refractivity contribution in [2.75, 3.05) is 6.61 Å². The normalized spacial score (nSPS) is 18.2. The Labute approximate surface area is 124 Å². The van der Waals surface area contributed by atoms with Crippen LogP contribution in [0.1, 0.15) is 36.8 Å². The summed E-state index contributed by atoms with van der Waals surface area (Å²) in [7, 11) is 0. The van der Waals surface area contributed by atoms with Crippen molar-refractivity contribution in [1.82, 2.24) is 5.32 Å². The van der Waals surface area contributed by atoms with Crippen LogP contribution in [0.15, 0.2) is 24.3 Å². The predicted molar refractivity (Wildman–Crippen MR) is 77.8 cm³/mol. The van der Waals surface area contributed by atoms with Gasteiger partial charge in [0.25, 0.3) is 0 Å². The lowest BCUT2D eigenvalue weighted by atomic mass is 10.0. The van der Waals surface area contributed by atoms with Gasteiger partial charge in [0.2, 0.25) is 5.91 Å². The van der Waals surface area contributed by atoms with E-state index in [1.54, 1.807) is 12.1 Å². The van der Waals surface area contributed by atoms with Crippen molar-refractivity contribution in [3.05, 3.63) is 35.4 Å². The third-order valence-electron chi connectivity index (χ3n) is 3.62. The Bertz CT molecular complexity index is 495. The summed E-state index contributed by atoms with van der Waals surface area (Å²) < 4.78 is 5.54. The monoisotopic (exact) mass is 291 g/mol. The smallest absolute Gasteiger partial charge is 0.307 e. The molecule has 1 unspecified atom stereocenters. The molecular weight excluding hydrogens is 270 g/mol. The zero-order chi connectivity index (χ0) is 15.1. The number of carboxylic acids is 1. The summed E-state index contributed by atoms with van der Waals surface area (Å²) in [6.07, 6.45) is 3.48. The number of benzene rings is 1. The molecule has 0 bridgehead atoms. The van der Waals surface area contributed by atoms with Crippen LogP contribution in [0.5, 0.6) is 0 Å². The maximum absolute atomic E-state index is 11.9. The molecule has 5 nitrogen and oxygen atoms in total. The molecule has 0 aliphatic carbocycles. The average molecular weight is 291 g/mol. The highest BCUT2D eigenvalue weighted by molar-refractivity contribution is 5.76. The Morgan fingerprint density at radius 2 is 2.00 bits per heavy atom. The predicted octanol–water partition coefficient (Wildman–Crippen LogP) is 1.89. The first-order valence-corrected chi connectivity index (χ1v) is 7.32. The van der Waals surface area contributed by atoms with Gasteiger partial charge in [0.05, 0.1) is 18.9 Å². The van der Waals surface area contributed by atoms with Crippen LogP contribution in [0.2, 0.25) is 0 Å². The van der Waals surface area contributed by atoms with Crippen LogP contribution in [0, 0.1) is 0 Å². The van der Waals surface area contributed by atoms with Crippen LogP contribution < -0.4 is 5.32 Å². The Balaban J connectivity index is 1.84. The van der Waals surface area contributed by atoms with E-state index in [1.165, 1.54) is 0 Å². The van der Waals surface area contributed by atoms with Gasteiger partial charge in [-0.1, -0.05) is 24.3 Å². The zero-order valence-corrected chi connectivity index (χ0v) is 12.0. The number of hydrogen-bond acceptors (Lipinski definition) is 3. The molecule has 1 aliphatic rings. The van der Waals surface area contributed by atoms with Gasteiger partial charge in [0.1, 0.15) is 0 Å². The number of nitrogens with one attached hydrogen (secondary N) is 1. The fraction of sp³-hybridized carbons (Fsp3) is 0.500. The standard InChI is InChI=1S/C16H21NO4/c18-15(10-14-7-3-4-8-21-14)17-11-13-6-2-1-5-12(13)9-16(19)20/h1-2,5-6,14H,3-4,7-11H2,(H,17,18)(H,19,20). The van der Waals surface area contributed by atoms with E-state index in [2.05, 4.69) is 5.32 Å². The number of ether oxygens (including phenoxy) is 1. The van der Waals surface area contributed by atoms with Gasteiger partial charge in [-0.15, -0.1) is 0 Å². The SMILES string of the molecule is O=C(O)Cc1ccccc1CNC(=O)CC1CCCCO1. The number of carbonyl (C=O) groups excluding carboxylic acids is 1. The molecule has 0 aromatic heterocycles. The Kier molecular flexibility index (Phi) is 5.75. The first kappa shape index (κ1) is 15.5. The van der Waals surface area contributed by atoms with Crippen LogP contribution in [0.3, 0.4) is 0 Å². The first-order valence-electron chi connectivity index (χ1n) is 7.32. The molecule has 114 valence electrons. The van der Waals surface area contributed by atoms with E-state index in [4.69, 9.17) is 9.84 Å². The van der Waals surface area contributed by atoms with Gasteiger partial charge in [-0.05, 0) is 30.4 Å². The minimum atomic E-state index is -0.871. The molecule has 1 fully saturated rings. The second kappa shape index (κ2) is 7.78. The zero-order valence-electron chi connectivity index (χ0n) is 12.0. The molecule has 1 aliphatic heterocycles. The topological polar surface area (TPSA) is 75.6 Å². The van der Waals surface area contributed by atoms with Crippen molar-refractivity contribution in [3.8, 4) is 0 Å². The molecule has 5 heteroatoms. The van der Waals surface area contributed by atoms with Gasteiger partial charge in [-0.3, -0.25) is 9.59 Å². The summed E-state index contributed by atoms with van der Waals surface area (Å²) in [6.45, 7) is 1.09. The molecule has 1 aromatic rings. The molecule has 21 heavy (non-hydrogen) atoms. The lowest BCUT2D eigenvalue weighted by Gasteiger charge is -2.22. The number of amides is 1. The minimum absolute atomic E-state index is 0.0213. The summed E-state index contributed by atoms with van der Waals surface area (Å²) in [6, 6.07) is 7.27. The maximum Gasteiger partial charge on any atom is 0.307 e. The molecule has 2 N–H and O–H groups in total. The van der Waals surface area contributed by atoms with Crippen molar-refractivity contribution in [3.63, 3.8) is 0 Å². The Morgan fingerprint density at radius 1 is 1.24 bits per heavy atom. The summed E-state index contributed by atoms with van der Waals surface area (Å²) in [5.74, 6) is -0.920. The van der Waals surface area contributed by atoms with Crippen LogP contribution in [-0.2, 0) is 27.3 Å². The van der Waals surface area contributed by atoms with Crippen LogP contribution in [0.25, 0.3) is 0 Å². The molecule has 1 saturated heterocycles. The van der Waals surface area contributed by atoms with E-state index in [-0.39, 0.29) is 18.4 Å². The molecular formula is C16H21NO4. The van der Waals surface area contributed by atoms with Crippen LogP contribution >= 0.6 is 0 Å². The number of carboxylic acid groups (broad SMARTS) is 1. The van der Waals surface area contributed by atoms with Crippen molar-refractivity contribution in [2.45, 2.75) is 44.8 Å². The van der Waals surface area contributed by atoms with Crippen molar-refractivity contribution in [1.29, 1.82) is 0 Å².